The second kappa shape index (κ2) is 8.57. The number of benzene rings is 1. The molecule has 2 fully saturated rings. The Morgan fingerprint density at radius 2 is 2.12 bits per heavy atom. The fraction of sp³-hybridized carbons (Fsp3) is 0.320. The van der Waals surface area contributed by atoms with Gasteiger partial charge >= 0.3 is 0 Å². The molecule has 2 N–H and O–H groups in total. The minimum Gasteiger partial charge on any atom is -0.472 e. The van der Waals surface area contributed by atoms with Crippen molar-refractivity contribution in [3.63, 3.8) is 0 Å². The van der Waals surface area contributed by atoms with E-state index in [-0.39, 0.29) is 23.6 Å². The molecule has 0 bridgehead atoms. The summed E-state index contributed by atoms with van der Waals surface area (Å²) >= 11 is 0. The molecule has 3 aromatic heterocycles. The van der Waals surface area contributed by atoms with Crippen molar-refractivity contribution in [3.8, 4) is 22.5 Å². The van der Waals surface area contributed by atoms with Crippen LogP contribution in [0.3, 0.4) is 0 Å². The monoisotopic (exact) mass is 461 g/mol. The van der Waals surface area contributed by atoms with Crippen molar-refractivity contribution in [3.05, 3.63) is 60.6 Å². The van der Waals surface area contributed by atoms with Gasteiger partial charge in [0.25, 0.3) is 5.91 Å². The van der Waals surface area contributed by atoms with E-state index in [1.165, 1.54) is 12.1 Å². The Kier molecular flexibility index (Phi) is 5.26. The molecule has 0 spiro atoms. The van der Waals surface area contributed by atoms with Gasteiger partial charge in [-0.3, -0.25) is 9.20 Å². The van der Waals surface area contributed by atoms with E-state index in [2.05, 4.69) is 15.6 Å². The van der Waals surface area contributed by atoms with Crippen LogP contribution < -0.4 is 10.6 Å². The minimum atomic E-state index is -0.563. The van der Waals surface area contributed by atoms with Crippen LogP contribution in [-0.4, -0.2) is 45.6 Å². The molecule has 0 radical (unpaired) electrons. The first-order valence-corrected chi connectivity index (χ1v) is 11.5. The number of aromatic nitrogens is 3. The lowest BCUT2D eigenvalue weighted by atomic mass is 10.1. The molecule has 1 amide bonds. The number of fused-ring (bicyclic) bond motifs is 1. The van der Waals surface area contributed by atoms with E-state index >= 15 is 0 Å². The van der Waals surface area contributed by atoms with Crippen molar-refractivity contribution in [1.29, 1.82) is 0 Å². The molecular formula is C25H24FN5O3. The number of amides is 1. The Balaban J connectivity index is 1.38. The Labute approximate surface area is 195 Å². The van der Waals surface area contributed by atoms with Gasteiger partial charge in [-0.15, -0.1) is 0 Å². The number of hydrogen-bond acceptors (Lipinski definition) is 6. The second-order valence-corrected chi connectivity index (χ2v) is 8.78. The van der Waals surface area contributed by atoms with E-state index in [4.69, 9.17) is 14.1 Å². The summed E-state index contributed by atoms with van der Waals surface area (Å²) in [5.74, 6) is -0.329. The van der Waals surface area contributed by atoms with Crippen LogP contribution in [0.1, 0.15) is 36.0 Å². The first-order valence-electron chi connectivity index (χ1n) is 11.5. The van der Waals surface area contributed by atoms with Crippen molar-refractivity contribution < 1.29 is 18.3 Å². The molecule has 2 aliphatic rings. The van der Waals surface area contributed by atoms with Crippen molar-refractivity contribution in [1.82, 2.24) is 19.7 Å². The summed E-state index contributed by atoms with van der Waals surface area (Å²) in [6.45, 7) is 1.40. The molecule has 4 aromatic rings. The first kappa shape index (κ1) is 20.9. The van der Waals surface area contributed by atoms with Gasteiger partial charge < -0.3 is 19.8 Å². The van der Waals surface area contributed by atoms with Crippen LogP contribution >= 0.6 is 0 Å². The number of ether oxygens (including phenoxy) is 1. The Bertz CT molecular complexity index is 1340. The highest BCUT2D eigenvalue weighted by molar-refractivity contribution is 5.95. The third kappa shape index (κ3) is 4.03. The number of nitrogens with one attached hydrogen (secondary N) is 2. The topological polar surface area (TPSA) is 93.7 Å². The molecule has 1 aliphatic carbocycles. The molecule has 174 valence electrons. The minimum absolute atomic E-state index is 0.0455. The summed E-state index contributed by atoms with van der Waals surface area (Å²) in [5.41, 5.74) is 3.48. The van der Waals surface area contributed by atoms with Crippen molar-refractivity contribution in [2.45, 2.75) is 37.8 Å². The number of nitrogens with zero attached hydrogens (tertiary/aromatic N) is 3. The molecule has 1 aliphatic heterocycles. The number of halogens is 1. The molecule has 1 unspecified atom stereocenters. The number of rotatable bonds is 7. The highest BCUT2D eigenvalue weighted by atomic mass is 19.1. The van der Waals surface area contributed by atoms with E-state index in [9.17, 15) is 9.18 Å². The zero-order valence-corrected chi connectivity index (χ0v) is 18.5. The predicted molar refractivity (Wildman–Crippen MR) is 124 cm³/mol. The summed E-state index contributed by atoms with van der Waals surface area (Å²) in [4.78, 5) is 21.7. The zero-order valence-electron chi connectivity index (χ0n) is 18.5. The molecule has 6 rings (SSSR count). The van der Waals surface area contributed by atoms with Crippen molar-refractivity contribution in [2.75, 3.05) is 18.5 Å². The van der Waals surface area contributed by atoms with Crippen molar-refractivity contribution >= 4 is 17.4 Å². The van der Waals surface area contributed by atoms with Gasteiger partial charge in [-0.05, 0) is 43.9 Å². The van der Waals surface area contributed by atoms with Gasteiger partial charge in [0.15, 0.2) is 11.5 Å². The van der Waals surface area contributed by atoms with Gasteiger partial charge in [0.05, 0.1) is 41.8 Å². The first-order chi connectivity index (χ1) is 16.7. The maximum atomic E-state index is 14.9. The van der Waals surface area contributed by atoms with Gasteiger partial charge in [0.1, 0.15) is 5.82 Å². The largest absolute Gasteiger partial charge is 0.472 e. The maximum absolute atomic E-state index is 14.9. The number of carbonyl (C=O) groups is 1. The molecule has 9 heteroatoms. The SMILES string of the molecule is O=C(NC1CC1)c1ccc(-c2cnc3c(NCC4CCCO4)nc(-c4ccoc4)cn23)cc1F. The van der Waals surface area contributed by atoms with Gasteiger partial charge in [0, 0.05) is 36.5 Å². The fourth-order valence-electron chi connectivity index (χ4n) is 4.24. The van der Waals surface area contributed by atoms with E-state index in [1.54, 1.807) is 24.8 Å². The molecular weight excluding hydrogens is 437 g/mol. The number of hydrogen-bond donors (Lipinski definition) is 2. The Morgan fingerprint density at radius 1 is 1.21 bits per heavy atom. The van der Waals surface area contributed by atoms with Crippen LogP contribution in [0.4, 0.5) is 10.2 Å². The lowest BCUT2D eigenvalue weighted by molar-refractivity contribution is 0.0947. The Hall–Kier alpha value is -3.72. The van der Waals surface area contributed by atoms with Crippen LogP contribution in [0, 0.1) is 5.82 Å². The molecule has 1 saturated heterocycles. The number of imidazole rings is 1. The van der Waals surface area contributed by atoms with E-state index in [1.807, 2.05) is 16.7 Å². The summed E-state index contributed by atoms with van der Waals surface area (Å²) in [6, 6.07) is 6.65. The molecule has 1 aromatic carbocycles. The van der Waals surface area contributed by atoms with Gasteiger partial charge in [-0.2, -0.15) is 0 Å². The molecule has 4 heterocycles. The average molecular weight is 461 g/mol. The van der Waals surface area contributed by atoms with Crippen LogP contribution in [0.5, 0.6) is 0 Å². The summed E-state index contributed by atoms with van der Waals surface area (Å²) in [5, 5.41) is 6.21. The molecule has 34 heavy (non-hydrogen) atoms. The molecule has 1 saturated carbocycles. The molecule has 1 atom stereocenters. The second-order valence-electron chi connectivity index (χ2n) is 8.78. The standard InChI is InChI=1S/C25H24FN5O3/c26-20-10-15(3-6-19(20)25(32)29-17-4-5-17)22-12-28-24-23(27-11-18-2-1-8-34-18)30-21(13-31(22)24)16-7-9-33-14-16/h3,6-7,9-10,12-14,17-18H,1-2,4-5,8,11H2,(H,27,30)(H,29,32). The highest BCUT2D eigenvalue weighted by Gasteiger charge is 2.25. The summed E-state index contributed by atoms with van der Waals surface area (Å²) in [6.07, 6.45) is 10.8. The Morgan fingerprint density at radius 3 is 2.85 bits per heavy atom. The van der Waals surface area contributed by atoms with Crippen molar-refractivity contribution in [2.24, 2.45) is 0 Å². The number of carbonyl (C=O) groups excluding carboxylic acids is 1. The smallest absolute Gasteiger partial charge is 0.254 e. The maximum Gasteiger partial charge on any atom is 0.254 e. The van der Waals surface area contributed by atoms with Gasteiger partial charge in [0.2, 0.25) is 0 Å². The zero-order chi connectivity index (χ0) is 23.1. The normalized spacial score (nSPS) is 17.9. The van der Waals surface area contributed by atoms with Crippen LogP contribution in [0.15, 0.2) is 53.6 Å². The third-order valence-electron chi connectivity index (χ3n) is 6.25. The van der Waals surface area contributed by atoms with Gasteiger partial charge in [-0.1, -0.05) is 6.07 Å². The lowest BCUT2D eigenvalue weighted by Crippen LogP contribution is -2.26. The average Bonchev–Trinajstić information content (AvgIpc) is 3.28. The summed E-state index contributed by atoms with van der Waals surface area (Å²) < 4.78 is 27.8. The van der Waals surface area contributed by atoms with Crippen LogP contribution in [-0.2, 0) is 4.74 Å². The molecule has 8 nitrogen and oxygen atoms in total. The van der Waals surface area contributed by atoms with Gasteiger partial charge in [-0.25, -0.2) is 14.4 Å². The third-order valence-corrected chi connectivity index (χ3v) is 6.25. The van der Waals surface area contributed by atoms with E-state index in [0.717, 1.165) is 37.9 Å². The predicted octanol–water partition coefficient (Wildman–Crippen LogP) is 4.28. The fourth-order valence-corrected chi connectivity index (χ4v) is 4.24. The van der Waals surface area contributed by atoms with E-state index < -0.39 is 5.82 Å². The highest BCUT2D eigenvalue weighted by Crippen LogP contribution is 2.29. The summed E-state index contributed by atoms with van der Waals surface area (Å²) in [7, 11) is 0. The quantitative estimate of drug-likeness (QED) is 0.427. The number of furan rings is 1. The lowest BCUT2D eigenvalue weighted by Gasteiger charge is -2.14. The number of anilines is 1. The van der Waals surface area contributed by atoms with Crippen LogP contribution in [0.2, 0.25) is 0 Å². The van der Waals surface area contributed by atoms with Crippen LogP contribution in [0.25, 0.3) is 28.2 Å². The van der Waals surface area contributed by atoms with E-state index in [0.29, 0.717) is 35.0 Å².